The number of benzene rings is 1. The monoisotopic (exact) mass is 369 g/mol. The van der Waals surface area contributed by atoms with Gasteiger partial charge in [-0.25, -0.2) is 14.4 Å². The van der Waals surface area contributed by atoms with Crippen molar-refractivity contribution in [1.82, 2.24) is 15.3 Å². The molecule has 0 fully saturated rings. The first-order chi connectivity index (χ1) is 12.8. The van der Waals surface area contributed by atoms with Crippen LogP contribution in [0.25, 0.3) is 11.3 Å². The number of ether oxygens (including phenoxy) is 1. The van der Waals surface area contributed by atoms with Crippen molar-refractivity contribution in [2.45, 2.75) is 6.42 Å². The van der Waals surface area contributed by atoms with Crippen LogP contribution in [-0.2, 0) is 0 Å². The summed E-state index contributed by atoms with van der Waals surface area (Å²) >= 11 is 1.50. The minimum atomic E-state index is -0.307. The van der Waals surface area contributed by atoms with Gasteiger partial charge in [0.05, 0.1) is 5.69 Å². The van der Waals surface area contributed by atoms with E-state index in [4.69, 9.17) is 4.74 Å². The molecule has 0 spiro atoms. The highest BCUT2D eigenvalue weighted by Crippen LogP contribution is 2.28. The molecular formula is C18H16FN5OS. The van der Waals surface area contributed by atoms with E-state index in [0.29, 0.717) is 11.6 Å². The molecule has 0 aliphatic carbocycles. The maximum atomic E-state index is 13.0. The molecule has 8 heteroatoms. The number of guanidine groups is 1. The maximum Gasteiger partial charge on any atom is 0.219 e. The molecule has 0 bridgehead atoms. The Hall–Kier alpha value is -3.00. The second-order valence-electron chi connectivity index (χ2n) is 5.61. The molecule has 4 rings (SSSR count). The van der Waals surface area contributed by atoms with Gasteiger partial charge in [0.15, 0.2) is 11.1 Å². The summed E-state index contributed by atoms with van der Waals surface area (Å²) in [6, 6.07) is 9.49. The van der Waals surface area contributed by atoms with Crippen LogP contribution in [0.15, 0.2) is 53.0 Å². The fraction of sp³-hybridized carbons (Fsp3) is 0.167. The molecule has 26 heavy (non-hydrogen) atoms. The van der Waals surface area contributed by atoms with Gasteiger partial charge >= 0.3 is 0 Å². The second kappa shape index (κ2) is 7.49. The lowest BCUT2D eigenvalue weighted by molar-refractivity contribution is 0.461. The molecule has 1 aliphatic heterocycles. The van der Waals surface area contributed by atoms with E-state index in [1.807, 2.05) is 11.4 Å². The Labute approximate surface area is 153 Å². The minimum absolute atomic E-state index is 0.307. The van der Waals surface area contributed by atoms with Gasteiger partial charge < -0.3 is 15.4 Å². The van der Waals surface area contributed by atoms with Crippen molar-refractivity contribution >= 4 is 22.4 Å². The lowest BCUT2D eigenvalue weighted by Crippen LogP contribution is -2.35. The highest BCUT2D eigenvalue weighted by molar-refractivity contribution is 7.14. The summed E-state index contributed by atoms with van der Waals surface area (Å²) < 4.78 is 18.7. The van der Waals surface area contributed by atoms with Crippen LogP contribution in [0.5, 0.6) is 11.6 Å². The molecule has 3 heterocycles. The zero-order valence-electron chi connectivity index (χ0n) is 13.8. The fourth-order valence-corrected chi connectivity index (χ4v) is 3.15. The predicted molar refractivity (Wildman–Crippen MR) is 100 cm³/mol. The molecule has 0 radical (unpaired) electrons. The van der Waals surface area contributed by atoms with E-state index in [9.17, 15) is 4.39 Å². The zero-order chi connectivity index (χ0) is 17.8. The van der Waals surface area contributed by atoms with Crippen molar-refractivity contribution in [1.29, 1.82) is 0 Å². The summed E-state index contributed by atoms with van der Waals surface area (Å²) in [6.45, 7) is 1.74. The number of aliphatic imine (C=N–C) groups is 1. The molecule has 0 saturated heterocycles. The molecule has 6 nitrogen and oxygen atoms in total. The molecular weight excluding hydrogens is 353 g/mol. The van der Waals surface area contributed by atoms with E-state index in [1.54, 1.807) is 24.4 Å². The van der Waals surface area contributed by atoms with E-state index in [1.165, 1.54) is 23.5 Å². The van der Waals surface area contributed by atoms with Gasteiger partial charge in [-0.15, -0.1) is 11.3 Å². The molecule has 0 amide bonds. The Kier molecular flexibility index (Phi) is 4.74. The molecule has 0 unspecified atom stereocenters. The molecule has 0 atom stereocenters. The van der Waals surface area contributed by atoms with Gasteiger partial charge in [-0.1, -0.05) is 0 Å². The number of nitrogens with one attached hydrogen (secondary N) is 2. The van der Waals surface area contributed by atoms with Gasteiger partial charge in [-0.05, 0) is 36.8 Å². The van der Waals surface area contributed by atoms with Gasteiger partial charge in [0.25, 0.3) is 0 Å². The third kappa shape index (κ3) is 3.97. The summed E-state index contributed by atoms with van der Waals surface area (Å²) in [4.78, 5) is 13.2. The van der Waals surface area contributed by atoms with Crippen LogP contribution in [0, 0.1) is 5.82 Å². The van der Waals surface area contributed by atoms with Crippen molar-refractivity contribution in [3.05, 3.63) is 53.8 Å². The lowest BCUT2D eigenvalue weighted by Gasteiger charge is -2.14. The van der Waals surface area contributed by atoms with E-state index in [0.717, 1.165) is 41.9 Å². The van der Waals surface area contributed by atoms with Gasteiger partial charge in [-0.3, -0.25) is 4.99 Å². The lowest BCUT2D eigenvalue weighted by atomic mass is 10.2. The summed E-state index contributed by atoms with van der Waals surface area (Å²) in [5.41, 5.74) is 1.71. The van der Waals surface area contributed by atoms with Gasteiger partial charge in [-0.2, -0.15) is 0 Å². The third-order valence-corrected chi connectivity index (χ3v) is 4.45. The SMILES string of the molecule is Fc1ccc(Oc2cc(-c3csc(NC4=NCCCN4)n3)ccn2)cc1. The van der Waals surface area contributed by atoms with Gasteiger partial charge in [0.2, 0.25) is 5.88 Å². The molecule has 1 aromatic carbocycles. The number of anilines is 1. The molecule has 132 valence electrons. The van der Waals surface area contributed by atoms with E-state index in [-0.39, 0.29) is 5.82 Å². The normalized spacial score (nSPS) is 13.7. The predicted octanol–water partition coefficient (Wildman–Crippen LogP) is 3.90. The number of aromatic nitrogens is 2. The van der Waals surface area contributed by atoms with Crippen LogP contribution in [0.1, 0.15) is 6.42 Å². The Morgan fingerprint density at radius 2 is 2.08 bits per heavy atom. The highest BCUT2D eigenvalue weighted by atomic mass is 32.1. The Morgan fingerprint density at radius 1 is 1.19 bits per heavy atom. The molecule has 2 N–H and O–H groups in total. The van der Waals surface area contributed by atoms with Gasteiger partial charge in [0, 0.05) is 36.3 Å². The zero-order valence-corrected chi connectivity index (χ0v) is 14.6. The first kappa shape index (κ1) is 16.5. The number of rotatable bonds is 4. The van der Waals surface area contributed by atoms with E-state index >= 15 is 0 Å². The quantitative estimate of drug-likeness (QED) is 0.730. The Morgan fingerprint density at radius 3 is 2.88 bits per heavy atom. The average Bonchev–Trinajstić information content (AvgIpc) is 3.13. The van der Waals surface area contributed by atoms with Crippen LogP contribution >= 0.6 is 11.3 Å². The number of hydrogen-bond acceptors (Lipinski definition) is 7. The average molecular weight is 369 g/mol. The number of pyridine rings is 1. The van der Waals surface area contributed by atoms with Crippen LogP contribution in [-0.4, -0.2) is 29.0 Å². The van der Waals surface area contributed by atoms with Crippen LogP contribution in [0.3, 0.4) is 0 Å². The highest BCUT2D eigenvalue weighted by Gasteiger charge is 2.10. The largest absolute Gasteiger partial charge is 0.439 e. The van der Waals surface area contributed by atoms with Crippen molar-refractivity contribution in [3.63, 3.8) is 0 Å². The number of hydrogen-bond donors (Lipinski definition) is 2. The van der Waals surface area contributed by atoms with Crippen molar-refractivity contribution < 1.29 is 9.13 Å². The second-order valence-corrected chi connectivity index (χ2v) is 6.47. The van der Waals surface area contributed by atoms with Crippen molar-refractivity contribution in [2.24, 2.45) is 4.99 Å². The fourth-order valence-electron chi connectivity index (χ4n) is 2.43. The molecule has 2 aromatic heterocycles. The summed E-state index contributed by atoms with van der Waals surface area (Å²) in [6.07, 6.45) is 2.70. The standard InChI is InChI=1S/C18H16FN5OS/c19-13-2-4-14(5-3-13)25-16-10-12(6-9-20-16)15-11-26-18(23-15)24-17-21-7-1-8-22-17/h2-6,9-11H,1,7-8H2,(H2,21,22,23,24). The number of nitrogens with zero attached hydrogens (tertiary/aromatic N) is 3. The van der Waals surface area contributed by atoms with Crippen molar-refractivity contribution in [2.75, 3.05) is 18.4 Å². The van der Waals surface area contributed by atoms with E-state index < -0.39 is 0 Å². The number of thiazole rings is 1. The first-order valence-corrected chi connectivity index (χ1v) is 9.05. The Balaban J connectivity index is 1.49. The first-order valence-electron chi connectivity index (χ1n) is 8.17. The summed E-state index contributed by atoms with van der Waals surface area (Å²) in [5.74, 6) is 1.40. The number of halogens is 1. The third-order valence-electron chi connectivity index (χ3n) is 3.69. The van der Waals surface area contributed by atoms with Crippen LogP contribution in [0.2, 0.25) is 0 Å². The van der Waals surface area contributed by atoms with Crippen LogP contribution in [0.4, 0.5) is 9.52 Å². The topological polar surface area (TPSA) is 71.4 Å². The molecule has 0 saturated carbocycles. The van der Waals surface area contributed by atoms with Gasteiger partial charge in [0.1, 0.15) is 11.6 Å². The molecule has 3 aromatic rings. The Bertz CT molecular complexity index is 925. The van der Waals surface area contributed by atoms with Crippen LogP contribution < -0.4 is 15.4 Å². The molecule has 1 aliphatic rings. The summed E-state index contributed by atoms with van der Waals surface area (Å²) in [5, 5.41) is 9.13. The van der Waals surface area contributed by atoms with Crippen molar-refractivity contribution in [3.8, 4) is 22.9 Å². The minimum Gasteiger partial charge on any atom is -0.439 e. The van der Waals surface area contributed by atoms with E-state index in [2.05, 4.69) is 25.6 Å². The maximum absolute atomic E-state index is 13.0. The smallest absolute Gasteiger partial charge is 0.219 e. The summed E-state index contributed by atoms with van der Waals surface area (Å²) in [7, 11) is 0.